The fourth-order valence-corrected chi connectivity index (χ4v) is 3.51. The van der Waals surface area contributed by atoms with Crippen LogP contribution in [0.4, 0.5) is 33.5 Å². The first-order valence-electron chi connectivity index (χ1n) is 10.3. The summed E-state index contributed by atoms with van der Waals surface area (Å²) in [5, 5.41) is 7.44. The van der Waals surface area contributed by atoms with E-state index in [4.69, 9.17) is 0 Å². The van der Waals surface area contributed by atoms with E-state index in [1.54, 1.807) is 6.92 Å². The molecule has 0 unspecified atom stereocenters. The number of hydrogen-bond acceptors (Lipinski definition) is 4. The third kappa shape index (κ3) is 4.51. The lowest BCUT2D eigenvalue weighted by Gasteiger charge is -2.25. The topological polar surface area (TPSA) is 46.3 Å². The van der Waals surface area contributed by atoms with Crippen LogP contribution in [0.5, 0.6) is 0 Å². The highest BCUT2D eigenvalue weighted by Gasteiger charge is 2.25. The molecule has 5 nitrogen and oxygen atoms in total. The Hall–Kier alpha value is -3.74. The molecule has 0 N–H and O–H groups in total. The van der Waals surface area contributed by atoms with Gasteiger partial charge in [0.1, 0.15) is 17.5 Å². The average molecular weight is 473 g/mol. The van der Waals surface area contributed by atoms with Crippen LogP contribution in [0.25, 0.3) is 16.7 Å². The molecular formula is C24H20F5N5. The molecule has 2 heterocycles. The standard InChI is InChI=1S/C24H20F5N5/c1-13-31-32-23-30-22(20-18(34(13)23)6-5-17(26)21(20)29)33(12-19(27)28)16-10-14(9-15(25)11-16)7-8-24(2,3)4/h5-6,9-11,19H,12H2,1-4H3. The third-order valence-corrected chi connectivity index (χ3v) is 4.90. The second-order valence-electron chi connectivity index (χ2n) is 8.77. The average Bonchev–Trinajstić information content (AvgIpc) is 3.12. The molecule has 0 saturated heterocycles. The van der Waals surface area contributed by atoms with E-state index in [0.717, 1.165) is 17.0 Å². The molecule has 34 heavy (non-hydrogen) atoms. The first kappa shape index (κ1) is 23.4. The zero-order valence-corrected chi connectivity index (χ0v) is 18.8. The van der Waals surface area contributed by atoms with E-state index in [0.29, 0.717) is 5.82 Å². The van der Waals surface area contributed by atoms with Crippen LogP contribution >= 0.6 is 0 Å². The number of halogens is 5. The summed E-state index contributed by atoms with van der Waals surface area (Å²) in [5.74, 6) is 2.59. The number of aromatic nitrogens is 4. The van der Waals surface area contributed by atoms with Crippen molar-refractivity contribution >= 4 is 28.2 Å². The maximum absolute atomic E-state index is 15.1. The lowest BCUT2D eigenvalue weighted by Crippen LogP contribution is -2.26. The van der Waals surface area contributed by atoms with Gasteiger partial charge < -0.3 is 4.90 Å². The number of anilines is 2. The van der Waals surface area contributed by atoms with Crippen molar-refractivity contribution in [3.63, 3.8) is 0 Å². The summed E-state index contributed by atoms with van der Waals surface area (Å²) in [6.45, 7) is 6.23. The molecule has 0 radical (unpaired) electrons. The van der Waals surface area contributed by atoms with E-state index in [1.807, 2.05) is 20.8 Å². The molecule has 0 saturated carbocycles. The maximum Gasteiger partial charge on any atom is 0.257 e. The number of rotatable bonds is 4. The van der Waals surface area contributed by atoms with Gasteiger partial charge in [-0.25, -0.2) is 22.0 Å². The number of aryl methyl sites for hydroxylation is 1. The molecule has 4 aromatic rings. The quantitative estimate of drug-likeness (QED) is 0.278. The summed E-state index contributed by atoms with van der Waals surface area (Å²) in [6.07, 6.45) is -2.91. The van der Waals surface area contributed by atoms with Gasteiger partial charge in [-0.3, -0.25) is 4.40 Å². The summed E-state index contributed by atoms with van der Waals surface area (Å²) >= 11 is 0. The van der Waals surface area contributed by atoms with E-state index in [-0.39, 0.29) is 39.2 Å². The molecule has 0 bridgehead atoms. The first-order valence-corrected chi connectivity index (χ1v) is 10.3. The Morgan fingerprint density at radius 3 is 2.47 bits per heavy atom. The molecule has 0 aliphatic rings. The van der Waals surface area contributed by atoms with Crippen LogP contribution < -0.4 is 4.90 Å². The van der Waals surface area contributed by atoms with Gasteiger partial charge in [0.25, 0.3) is 12.2 Å². The minimum atomic E-state index is -2.91. The van der Waals surface area contributed by atoms with Gasteiger partial charge in [0.2, 0.25) is 0 Å². The SMILES string of the molecule is Cc1nnc2nc(N(CC(F)F)c3cc(F)cc(C#CC(C)(C)C)c3)c3c(F)c(F)ccc3n12. The Kier molecular flexibility index (Phi) is 5.89. The van der Waals surface area contributed by atoms with Crippen molar-refractivity contribution in [1.29, 1.82) is 0 Å². The molecular weight excluding hydrogens is 453 g/mol. The normalized spacial score (nSPS) is 11.8. The van der Waals surface area contributed by atoms with Crippen molar-refractivity contribution in [3.05, 3.63) is 59.2 Å². The van der Waals surface area contributed by atoms with E-state index in [9.17, 15) is 17.6 Å². The van der Waals surface area contributed by atoms with Crippen LogP contribution in [-0.2, 0) is 0 Å². The summed E-state index contributed by atoms with van der Waals surface area (Å²) in [4.78, 5) is 5.15. The Morgan fingerprint density at radius 2 is 1.79 bits per heavy atom. The largest absolute Gasteiger partial charge is 0.320 e. The zero-order valence-electron chi connectivity index (χ0n) is 18.8. The van der Waals surface area contributed by atoms with Crippen molar-refractivity contribution < 1.29 is 22.0 Å². The molecule has 2 aromatic heterocycles. The van der Waals surface area contributed by atoms with E-state index >= 15 is 4.39 Å². The Morgan fingerprint density at radius 1 is 1.06 bits per heavy atom. The van der Waals surface area contributed by atoms with E-state index in [2.05, 4.69) is 27.0 Å². The smallest absolute Gasteiger partial charge is 0.257 e. The van der Waals surface area contributed by atoms with Crippen LogP contribution in [0.1, 0.15) is 32.2 Å². The van der Waals surface area contributed by atoms with E-state index in [1.165, 1.54) is 22.6 Å². The van der Waals surface area contributed by atoms with E-state index < -0.39 is 30.4 Å². The van der Waals surface area contributed by atoms with Gasteiger partial charge in [0.05, 0.1) is 17.4 Å². The predicted molar refractivity (Wildman–Crippen MR) is 119 cm³/mol. The van der Waals surface area contributed by atoms with Gasteiger partial charge >= 0.3 is 0 Å². The van der Waals surface area contributed by atoms with Gasteiger partial charge in [-0.15, -0.1) is 10.2 Å². The van der Waals surface area contributed by atoms with Gasteiger partial charge in [-0.2, -0.15) is 4.98 Å². The molecule has 176 valence electrons. The van der Waals surface area contributed by atoms with Crippen LogP contribution in [0.15, 0.2) is 30.3 Å². The second kappa shape index (κ2) is 8.56. The van der Waals surface area contributed by atoms with Crippen molar-refractivity contribution in [2.75, 3.05) is 11.4 Å². The van der Waals surface area contributed by atoms with Gasteiger partial charge in [0, 0.05) is 16.7 Å². The van der Waals surface area contributed by atoms with Crippen molar-refractivity contribution in [2.45, 2.75) is 34.1 Å². The fraction of sp³-hybridized carbons (Fsp3) is 0.292. The molecule has 0 amide bonds. The van der Waals surface area contributed by atoms with Crippen molar-refractivity contribution in [3.8, 4) is 11.8 Å². The molecule has 4 rings (SSSR count). The fourth-order valence-electron chi connectivity index (χ4n) is 3.51. The number of fused-ring (bicyclic) bond motifs is 3. The van der Waals surface area contributed by atoms with Crippen LogP contribution in [0.2, 0.25) is 0 Å². The maximum atomic E-state index is 15.1. The number of benzene rings is 2. The molecule has 0 fully saturated rings. The number of nitrogens with zero attached hydrogens (tertiary/aromatic N) is 5. The van der Waals surface area contributed by atoms with Crippen LogP contribution in [0, 0.1) is 41.6 Å². The lowest BCUT2D eigenvalue weighted by molar-refractivity contribution is 0.158. The summed E-state index contributed by atoms with van der Waals surface area (Å²) < 4.78 is 72.5. The molecule has 0 aliphatic carbocycles. The summed E-state index contributed by atoms with van der Waals surface area (Å²) in [6, 6.07) is 5.78. The first-order chi connectivity index (χ1) is 15.9. The monoisotopic (exact) mass is 473 g/mol. The second-order valence-corrected chi connectivity index (χ2v) is 8.77. The number of alkyl halides is 2. The minimum absolute atomic E-state index is 0.00516. The lowest BCUT2D eigenvalue weighted by atomic mass is 9.97. The Bertz CT molecular complexity index is 1460. The molecule has 0 spiro atoms. The van der Waals surface area contributed by atoms with Crippen LogP contribution in [-0.4, -0.2) is 32.6 Å². The Balaban J connectivity index is 2.03. The molecule has 0 atom stereocenters. The van der Waals surface area contributed by atoms with Gasteiger partial charge in [0.15, 0.2) is 11.6 Å². The zero-order chi connectivity index (χ0) is 24.8. The third-order valence-electron chi connectivity index (χ3n) is 4.90. The van der Waals surface area contributed by atoms with Gasteiger partial charge in [-0.05, 0) is 58.0 Å². The predicted octanol–water partition coefficient (Wildman–Crippen LogP) is 5.80. The minimum Gasteiger partial charge on any atom is -0.320 e. The number of hydrogen-bond donors (Lipinski definition) is 0. The highest BCUT2D eigenvalue weighted by atomic mass is 19.3. The summed E-state index contributed by atoms with van der Waals surface area (Å²) in [5.41, 5.74) is -0.0645. The highest BCUT2D eigenvalue weighted by molar-refractivity contribution is 5.94. The van der Waals surface area contributed by atoms with Crippen LogP contribution in [0.3, 0.4) is 0 Å². The van der Waals surface area contributed by atoms with Crippen molar-refractivity contribution in [1.82, 2.24) is 19.6 Å². The Labute approximate surface area is 192 Å². The summed E-state index contributed by atoms with van der Waals surface area (Å²) in [7, 11) is 0. The van der Waals surface area contributed by atoms with Gasteiger partial charge in [-0.1, -0.05) is 11.8 Å². The molecule has 2 aromatic carbocycles. The molecule has 0 aliphatic heterocycles. The van der Waals surface area contributed by atoms with Crippen molar-refractivity contribution in [2.24, 2.45) is 5.41 Å². The molecule has 10 heteroatoms. The highest BCUT2D eigenvalue weighted by Crippen LogP contribution is 2.35.